The van der Waals surface area contributed by atoms with Crippen LogP contribution < -0.4 is 5.32 Å². The molecule has 0 spiro atoms. The molecular weight excluding hydrogens is 188 g/mol. The topological polar surface area (TPSA) is 42.0 Å². The summed E-state index contributed by atoms with van der Waals surface area (Å²) >= 11 is 0. The molecule has 0 aromatic carbocycles. The third kappa shape index (κ3) is 3.54. The smallest absolute Gasteiger partial charge is 0.180 e. The van der Waals surface area contributed by atoms with Gasteiger partial charge in [0.15, 0.2) is 5.78 Å². The van der Waals surface area contributed by atoms with Crippen LogP contribution in [0.15, 0.2) is 36.7 Å². The van der Waals surface area contributed by atoms with Crippen molar-refractivity contribution in [3.05, 3.63) is 42.4 Å². The second kappa shape index (κ2) is 5.29. The molecule has 15 heavy (non-hydrogen) atoms. The second-order valence-electron chi connectivity index (χ2n) is 3.67. The van der Waals surface area contributed by atoms with Crippen LogP contribution in [0.3, 0.4) is 0 Å². The molecule has 0 aliphatic carbocycles. The predicted octanol–water partition coefficient (Wildman–Crippen LogP) is 1.91. The normalized spacial score (nSPS) is 10.1. The van der Waals surface area contributed by atoms with Gasteiger partial charge in [0.1, 0.15) is 0 Å². The van der Waals surface area contributed by atoms with Crippen LogP contribution in [0.25, 0.3) is 0 Å². The van der Waals surface area contributed by atoms with Crippen LogP contribution in [-0.4, -0.2) is 10.8 Å². The molecule has 0 aliphatic rings. The highest BCUT2D eigenvalue weighted by Gasteiger charge is 2.10. The van der Waals surface area contributed by atoms with Crippen LogP contribution in [-0.2, 0) is 11.3 Å². The zero-order chi connectivity index (χ0) is 11.3. The first kappa shape index (κ1) is 11.4. The van der Waals surface area contributed by atoms with E-state index in [-0.39, 0.29) is 11.7 Å². The number of allylic oxidation sites excluding steroid dienone is 1. The number of carbonyl (C=O) groups excluding carboxylic acids is 1. The molecule has 1 rings (SSSR count). The Morgan fingerprint density at radius 1 is 1.53 bits per heavy atom. The lowest BCUT2D eigenvalue weighted by molar-refractivity contribution is -0.118. The number of rotatable bonds is 5. The molecule has 1 aromatic rings. The van der Waals surface area contributed by atoms with E-state index in [2.05, 4.69) is 16.9 Å². The van der Waals surface area contributed by atoms with Gasteiger partial charge in [-0.1, -0.05) is 26.5 Å². The number of ketones is 1. The summed E-state index contributed by atoms with van der Waals surface area (Å²) in [5.74, 6) is 0.0275. The molecule has 3 heteroatoms. The molecule has 1 aromatic heterocycles. The molecule has 0 radical (unpaired) electrons. The van der Waals surface area contributed by atoms with E-state index in [1.807, 2.05) is 32.0 Å². The average molecular weight is 204 g/mol. The van der Waals surface area contributed by atoms with Crippen molar-refractivity contribution in [3.63, 3.8) is 0 Å². The number of Topliss-reactive ketones (excluding diaryl/α,β-unsaturated/α-hetero) is 1. The molecule has 3 nitrogen and oxygen atoms in total. The van der Waals surface area contributed by atoms with Gasteiger partial charge in [-0.2, -0.15) is 0 Å². The SMILES string of the molecule is C=C(NCc1ccccn1)C(=O)C(C)C. The monoisotopic (exact) mass is 204 g/mol. The van der Waals surface area contributed by atoms with Crippen LogP contribution in [0.5, 0.6) is 0 Å². The highest BCUT2D eigenvalue weighted by Crippen LogP contribution is 2.02. The molecule has 1 heterocycles. The van der Waals surface area contributed by atoms with Crippen molar-refractivity contribution in [3.8, 4) is 0 Å². The fraction of sp³-hybridized carbons (Fsp3) is 0.333. The van der Waals surface area contributed by atoms with Crippen molar-refractivity contribution in [1.29, 1.82) is 0 Å². The fourth-order valence-electron chi connectivity index (χ4n) is 1.14. The van der Waals surface area contributed by atoms with Gasteiger partial charge in [0, 0.05) is 12.1 Å². The minimum atomic E-state index is -0.0197. The van der Waals surface area contributed by atoms with E-state index in [4.69, 9.17) is 0 Å². The van der Waals surface area contributed by atoms with Crippen molar-refractivity contribution < 1.29 is 4.79 Å². The van der Waals surface area contributed by atoms with Crippen LogP contribution in [0.2, 0.25) is 0 Å². The predicted molar refractivity (Wildman–Crippen MR) is 60.1 cm³/mol. The Morgan fingerprint density at radius 2 is 2.27 bits per heavy atom. The number of hydrogen-bond acceptors (Lipinski definition) is 3. The van der Waals surface area contributed by atoms with E-state index in [9.17, 15) is 4.79 Å². The molecule has 0 aliphatic heterocycles. The Balaban J connectivity index is 2.45. The summed E-state index contributed by atoms with van der Waals surface area (Å²) in [6.07, 6.45) is 1.73. The maximum atomic E-state index is 11.5. The third-order valence-electron chi connectivity index (χ3n) is 2.03. The molecule has 0 saturated carbocycles. The third-order valence-corrected chi connectivity index (χ3v) is 2.03. The van der Waals surface area contributed by atoms with E-state index in [1.54, 1.807) is 6.20 Å². The molecule has 1 N–H and O–H groups in total. The first-order chi connectivity index (χ1) is 7.11. The Bertz CT molecular complexity index is 344. The van der Waals surface area contributed by atoms with Crippen LogP contribution in [0.1, 0.15) is 19.5 Å². The lowest BCUT2D eigenvalue weighted by atomic mass is 10.1. The summed E-state index contributed by atoms with van der Waals surface area (Å²) in [4.78, 5) is 15.6. The standard InChI is InChI=1S/C12H16N2O/c1-9(2)12(15)10(3)14-8-11-6-4-5-7-13-11/h4-7,9,14H,3,8H2,1-2H3. The van der Waals surface area contributed by atoms with E-state index in [0.717, 1.165) is 5.69 Å². The first-order valence-corrected chi connectivity index (χ1v) is 4.98. The summed E-state index contributed by atoms with van der Waals surface area (Å²) in [5, 5.41) is 2.97. The summed E-state index contributed by atoms with van der Waals surface area (Å²) in [6.45, 7) is 7.96. The van der Waals surface area contributed by atoms with Gasteiger partial charge in [0.05, 0.1) is 17.9 Å². The minimum absolute atomic E-state index is 0.0197. The Morgan fingerprint density at radius 3 is 2.80 bits per heavy atom. The molecule has 0 fully saturated rings. The van der Waals surface area contributed by atoms with E-state index in [1.165, 1.54) is 0 Å². The Kier molecular flexibility index (Phi) is 4.03. The van der Waals surface area contributed by atoms with E-state index < -0.39 is 0 Å². The molecular formula is C12H16N2O. The van der Waals surface area contributed by atoms with Crippen LogP contribution >= 0.6 is 0 Å². The molecule has 0 saturated heterocycles. The highest BCUT2D eigenvalue weighted by molar-refractivity contribution is 5.95. The molecule has 0 amide bonds. The van der Waals surface area contributed by atoms with E-state index >= 15 is 0 Å². The largest absolute Gasteiger partial charge is 0.377 e. The van der Waals surface area contributed by atoms with Gasteiger partial charge in [0.25, 0.3) is 0 Å². The number of nitrogens with one attached hydrogen (secondary N) is 1. The highest BCUT2D eigenvalue weighted by atomic mass is 16.1. The van der Waals surface area contributed by atoms with Gasteiger partial charge >= 0.3 is 0 Å². The second-order valence-corrected chi connectivity index (χ2v) is 3.67. The number of carbonyl (C=O) groups is 1. The number of pyridine rings is 1. The quantitative estimate of drug-likeness (QED) is 0.745. The van der Waals surface area contributed by atoms with Gasteiger partial charge in [0.2, 0.25) is 0 Å². The van der Waals surface area contributed by atoms with Gasteiger partial charge in [-0.05, 0) is 12.1 Å². The van der Waals surface area contributed by atoms with Crippen molar-refractivity contribution >= 4 is 5.78 Å². The number of aromatic nitrogens is 1. The maximum absolute atomic E-state index is 11.5. The maximum Gasteiger partial charge on any atom is 0.180 e. The zero-order valence-corrected chi connectivity index (χ0v) is 9.16. The average Bonchev–Trinajstić information content (AvgIpc) is 2.26. The number of hydrogen-bond donors (Lipinski definition) is 1. The van der Waals surface area contributed by atoms with Gasteiger partial charge in [-0.25, -0.2) is 0 Å². The Labute approximate surface area is 90.2 Å². The zero-order valence-electron chi connectivity index (χ0n) is 9.16. The minimum Gasteiger partial charge on any atom is -0.377 e. The lowest BCUT2D eigenvalue weighted by Crippen LogP contribution is -2.22. The Hall–Kier alpha value is -1.64. The lowest BCUT2D eigenvalue weighted by Gasteiger charge is -2.09. The first-order valence-electron chi connectivity index (χ1n) is 4.98. The van der Waals surface area contributed by atoms with Crippen LogP contribution in [0, 0.1) is 5.92 Å². The van der Waals surface area contributed by atoms with Crippen molar-refractivity contribution in [2.45, 2.75) is 20.4 Å². The van der Waals surface area contributed by atoms with Gasteiger partial charge in [-0.3, -0.25) is 9.78 Å². The molecule has 0 bridgehead atoms. The molecule has 0 unspecified atom stereocenters. The van der Waals surface area contributed by atoms with E-state index in [0.29, 0.717) is 12.2 Å². The molecule has 0 atom stereocenters. The van der Waals surface area contributed by atoms with Crippen molar-refractivity contribution in [1.82, 2.24) is 10.3 Å². The van der Waals surface area contributed by atoms with Gasteiger partial charge < -0.3 is 5.32 Å². The molecule has 80 valence electrons. The number of nitrogens with zero attached hydrogens (tertiary/aromatic N) is 1. The van der Waals surface area contributed by atoms with Crippen molar-refractivity contribution in [2.75, 3.05) is 0 Å². The fourth-order valence-corrected chi connectivity index (χ4v) is 1.14. The van der Waals surface area contributed by atoms with Crippen molar-refractivity contribution in [2.24, 2.45) is 5.92 Å². The summed E-state index contributed by atoms with van der Waals surface area (Å²) < 4.78 is 0. The summed E-state index contributed by atoms with van der Waals surface area (Å²) in [6, 6.07) is 5.68. The van der Waals surface area contributed by atoms with Gasteiger partial charge in [-0.15, -0.1) is 0 Å². The van der Waals surface area contributed by atoms with Crippen LogP contribution in [0.4, 0.5) is 0 Å². The summed E-state index contributed by atoms with van der Waals surface area (Å²) in [5.41, 5.74) is 1.35. The summed E-state index contributed by atoms with van der Waals surface area (Å²) in [7, 11) is 0.